The average molecular weight is 443 g/mol. The van der Waals surface area contributed by atoms with Crippen molar-refractivity contribution in [2.45, 2.75) is 71.7 Å². The van der Waals surface area contributed by atoms with Crippen molar-refractivity contribution in [1.82, 2.24) is 25.5 Å². The van der Waals surface area contributed by atoms with E-state index in [9.17, 15) is 4.79 Å². The minimum absolute atomic E-state index is 0.0396. The lowest BCUT2D eigenvalue weighted by atomic mass is 10.1. The van der Waals surface area contributed by atoms with Gasteiger partial charge in [-0.05, 0) is 32.8 Å². The first-order chi connectivity index (χ1) is 15.3. The smallest absolute Gasteiger partial charge is 0.407 e. The zero-order valence-electron chi connectivity index (χ0n) is 20.0. The van der Waals surface area contributed by atoms with Gasteiger partial charge in [-0.3, -0.25) is 4.99 Å². The van der Waals surface area contributed by atoms with E-state index < -0.39 is 11.7 Å². The fourth-order valence-electron chi connectivity index (χ4n) is 3.18. The van der Waals surface area contributed by atoms with Crippen LogP contribution in [0.2, 0.25) is 0 Å². The lowest BCUT2D eigenvalue weighted by molar-refractivity contribution is 0.0523. The van der Waals surface area contributed by atoms with Gasteiger partial charge in [0.15, 0.2) is 5.96 Å². The van der Waals surface area contributed by atoms with E-state index in [1.54, 1.807) is 7.05 Å². The molecular formula is C24H38N6O2. The van der Waals surface area contributed by atoms with Crippen LogP contribution in [0.3, 0.4) is 0 Å². The molecule has 2 rings (SSSR count). The number of carbonyl (C=O) groups is 1. The summed E-state index contributed by atoms with van der Waals surface area (Å²) in [6.45, 7) is 9.48. The number of hydrogen-bond donors (Lipinski definition) is 3. The summed E-state index contributed by atoms with van der Waals surface area (Å²) in [6.07, 6.45) is 6.42. The Morgan fingerprint density at radius 2 is 1.97 bits per heavy atom. The molecule has 0 fully saturated rings. The molecule has 176 valence electrons. The number of ether oxygens (including phenoxy) is 1. The molecule has 1 unspecified atom stereocenters. The van der Waals surface area contributed by atoms with Gasteiger partial charge in [0.1, 0.15) is 11.4 Å². The van der Waals surface area contributed by atoms with Crippen LogP contribution in [0, 0.1) is 0 Å². The van der Waals surface area contributed by atoms with Gasteiger partial charge in [0, 0.05) is 38.6 Å². The van der Waals surface area contributed by atoms with Crippen LogP contribution in [0.5, 0.6) is 0 Å². The van der Waals surface area contributed by atoms with E-state index in [0.717, 1.165) is 31.6 Å². The summed E-state index contributed by atoms with van der Waals surface area (Å²) in [5.74, 6) is 1.60. The van der Waals surface area contributed by atoms with Crippen molar-refractivity contribution >= 4 is 12.1 Å². The fourth-order valence-corrected chi connectivity index (χ4v) is 3.18. The Hall–Kier alpha value is -3.03. The van der Waals surface area contributed by atoms with E-state index in [4.69, 9.17) is 4.74 Å². The second kappa shape index (κ2) is 12.7. The summed E-state index contributed by atoms with van der Waals surface area (Å²) in [5.41, 5.74) is 0.706. The molecule has 0 aliphatic carbocycles. The van der Waals surface area contributed by atoms with E-state index >= 15 is 0 Å². The first kappa shape index (κ1) is 25.2. The highest BCUT2D eigenvalue weighted by Crippen LogP contribution is 2.08. The van der Waals surface area contributed by atoms with Gasteiger partial charge in [-0.25, -0.2) is 9.78 Å². The van der Waals surface area contributed by atoms with Crippen LogP contribution < -0.4 is 16.0 Å². The molecule has 8 heteroatoms. The molecular weight excluding hydrogens is 404 g/mol. The standard InChI is InChI=1S/C24H38N6O2/c1-6-7-13-20(16-28-23(31)32-24(2,3)4)29-22(25-5)27-17-21-26-14-15-30(21)18-19-11-9-8-10-12-19/h8-12,14-15,20H,6-7,13,16-18H2,1-5H3,(H,28,31)(H2,25,27,29). The molecule has 0 saturated heterocycles. The van der Waals surface area contributed by atoms with Crippen LogP contribution in [0.15, 0.2) is 47.7 Å². The summed E-state index contributed by atoms with van der Waals surface area (Å²) >= 11 is 0. The number of hydrogen-bond acceptors (Lipinski definition) is 4. The normalized spacial score (nSPS) is 12.8. The number of aromatic nitrogens is 2. The minimum atomic E-state index is -0.518. The molecule has 1 heterocycles. The second-order valence-electron chi connectivity index (χ2n) is 8.75. The van der Waals surface area contributed by atoms with Crippen molar-refractivity contribution < 1.29 is 9.53 Å². The van der Waals surface area contributed by atoms with Crippen molar-refractivity contribution in [2.24, 2.45) is 4.99 Å². The van der Waals surface area contributed by atoms with Crippen LogP contribution in [0.4, 0.5) is 4.79 Å². The van der Waals surface area contributed by atoms with Gasteiger partial charge in [-0.2, -0.15) is 0 Å². The molecule has 8 nitrogen and oxygen atoms in total. The predicted octanol–water partition coefficient (Wildman–Crippen LogP) is 3.68. The Morgan fingerprint density at radius 1 is 1.22 bits per heavy atom. The number of benzene rings is 1. The molecule has 0 aliphatic heterocycles. The third kappa shape index (κ3) is 9.41. The highest BCUT2D eigenvalue weighted by molar-refractivity contribution is 5.80. The molecule has 1 atom stereocenters. The maximum absolute atomic E-state index is 12.0. The monoisotopic (exact) mass is 442 g/mol. The van der Waals surface area contributed by atoms with Gasteiger partial charge >= 0.3 is 6.09 Å². The largest absolute Gasteiger partial charge is 0.444 e. The number of nitrogens with one attached hydrogen (secondary N) is 3. The number of nitrogens with zero attached hydrogens (tertiary/aromatic N) is 3. The number of amides is 1. The minimum Gasteiger partial charge on any atom is -0.444 e. The third-order valence-corrected chi connectivity index (χ3v) is 4.77. The number of rotatable bonds is 10. The lowest BCUT2D eigenvalue weighted by Crippen LogP contribution is -2.49. The Bertz CT molecular complexity index is 842. The van der Waals surface area contributed by atoms with Crippen LogP contribution in [-0.4, -0.2) is 46.8 Å². The molecule has 0 aliphatic rings. The number of aliphatic imine (C=N–C) groups is 1. The number of carbonyl (C=O) groups excluding carboxylic acids is 1. The number of alkyl carbamates (subject to hydrolysis) is 1. The van der Waals surface area contributed by atoms with Crippen molar-refractivity contribution in [3.8, 4) is 0 Å². The molecule has 0 radical (unpaired) electrons. The molecule has 3 N–H and O–H groups in total. The maximum Gasteiger partial charge on any atom is 0.407 e. The van der Waals surface area contributed by atoms with Gasteiger partial charge in [0.05, 0.1) is 6.54 Å². The zero-order chi connectivity index (χ0) is 23.4. The predicted molar refractivity (Wildman–Crippen MR) is 129 cm³/mol. The number of imidazole rings is 1. The van der Waals surface area contributed by atoms with Crippen LogP contribution in [0.25, 0.3) is 0 Å². The van der Waals surface area contributed by atoms with E-state index in [2.05, 4.69) is 49.6 Å². The Labute approximate surface area is 191 Å². The molecule has 32 heavy (non-hydrogen) atoms. The number of unbranched alkanes of at least 4 members (excludes halogenated alkanes) is 1. The Morgan fingerprint density at radius 3 is 2.62 bits per heavy atom. The fraction of sp³-hybridized carbons (Fsp3) is 0.542. The van der Waals surface area contributed by atoms with Crippen molar-refractivity contribution in [3.05, 3.63) is 54.1 Å². The summed E-state index contributed by atoms with van der Waals surface area (Å²) in [4.78, 5) is 20.9. The number of guanidine groups is 1. The van der Waals surface area contributed by atoms with Crippen molar-refractivity contribution in [2.75, 3.05) is 13.6 Å². The molecule has 1 amide bonds. The zero-order valence-corrected chi connectivity index (χ0v) is 20.0. The first-order valence-corrected chi connectivity index (χ1v) is 11.3. The third-order valence-electron chi connectivity index (χ3n) is 4.77. The summed E-state index contributed by atoms with van der Waals surface area (Å²) < 4.78 is 7.47. The topological polar surface area (TPSA) is 92.6 Å². The molecule has 2 aromatic rings. The van der Waals surface area contributed by atoms with Crippen LogP contribution in [0.1, 0.15) is 58.3 Å². The summed E-state index contributed by atoms with van der Waals surface area (Å²) in [6, 6.07) is 10.3. The highest BCUT2D eigenvalue weighted by Gasteiger charge is 2.18. The highest BCUT2D eigenvalue weighted by atomic mass is 16.6. The molecule has 1 aromatic carbocycles. The van der Waals surface area contributed by atoms with Gasteiger partial charge in [-0.15, -0.1) is 0 Å². The average Bonchev–Trinajstić information content (AvgIpc) is 3.19. The molecule has 1 aromatic heterocycles. The quantitative estimate of drug-likeness (QED) is 0.386. The second-order valence-corrected chi connectivity index (χ2v) is 8.75. The van der Waals surface area contributed by atoms with E-state index in [1.807, 2.05) is 51.4 Å². The molecule has 0 saturated carbocycles. The molecule has 0 spiro atoms. The molecule has 0 bridgehead atoms. The summed E-state index contributed by atoms with van der Waals surface area (Å²) in [7, 11) is 1.74. The van der Waals surface area contributed by atoms with Gasteiger partial charge in [0.25, 0.3) is 0 Å². The van der Waals surface area contributed by atoms with E-state index in [1.165, 1.54) is 5.56 Å². The van der Waals surface area contributed by atoms with Gasteiger partial charge in [-0.1, -0.05) is 50.1 Å². The SMILES string of the molecule is CCCCC(CNC(=O)OC(C)(C)C)NC(=NC)NCc1nccn1Cc1ccccc1. The first-order valence-electron chi connectivity index (χ1n) is 11.3. The van der Waals surface area contributed by atoms with Gasteiger partial charge < -0.3 is 25.3 Å². The van der Waals surface area contributed by atoms with Crippen molar-refractivity contribution in [1.29, 1.82) is 0 Å². The van der Waals surface area contributed by atoms with E-state index in [-0.39, 0.29) is 6.04 Å². The van der Waals surface area contributed by atoms with Crippen molar-refractivity contribution in [3.63, 3.8) is 0 Å². The lowest BCUT2D eigenvalue weighted by Gasteiger charge is -2.24. The van der Waals surface area contributed by atoms with Crippen LogP contribution >= 0.6 is 0 Å². The maximum atomic E-state index is 12.0. The van der Waals surface area contributed by atoms with Gasteiger partial charge in [0.2, 0.25) is 0 Å². The van der Waals surface area contributed by atoms with Crippen LogP contribution in [-0.2, 0) is 17.8 Å². The summed E-state index contributed by atoms with van der Waals surface area (Å²) in [5, 5.41) is 9.62. The Balaban J connectivity index is 1.91. The Kier molecular flexibility index (Phi) is 10.0. The van der Waals surface area contributed by atoms with E-state index in [0.29, 0.717) is 19.0 Å².